The van der Waals surface area contributed by atoms with Gasteiger partial charge in [0.15, 0.2) is 0 Å². The average molecular weight is 218 g/mol. The summed E-state index contributed by atoms with van der Waals surface area (Å²) >= 11 is 0. The Kier molecular flexibility index (Phi) is 2.72. The quantitative estimate of drug-likeness (QED) is 0.793. The Morgan fingerprint density at radius 1 is 1.44 bits per heavy atom. The summed E-state index contributed by atoms with van der Waals surface area (Å²) in [6, 6.07) is 1.95. The van der Waals surface area contributed by atoms with Gasteiger partial charge in [-0.05, 0) is 13.0 Å². The van der Waals surface area contributed by atoms with Crippen LogP contribution in [0.5, 0.6) is 0 Å². The summed E-state index contributed by atoms with van der Waals surface area (Å²) < 4.78 is 1.81. The zero-order valence-corrected chi connectivity index (χ0v) is 9.31. The molecule has 16 heavy (non-hydrogen) atoms. The Hall–Kier alpha value is -2.11. The van der Waals surface area contributed by atoms with Crippen LogP contribution < -0.4 is 11.1 Å². The van der Waals surface area contributed by atoms with Gasteiger partial charge < -0.3 is 11.1 Å². The van der Waals surface area contributed by atoms with Crippen LogP contribution in [0.2, 0.25) is 0 Å². The van der Waals surface area contributed by atoms with Crippen molar-refractivity contribution in [2.24, 2.45) is 7.05 Å². The number of nitrogens with zero attached hydrogens (tertiary/aromatic N) is 4. The standard InChI is InChI=1S/C10H14N6/c1-7-9(11)13-6-14-10(7)12-5-8-3-4-15-16(8)2/h3-4,6H,5H2,1-2H3,(H3,11,12,13,14). The molecule has 0 radical (unpaired) electrons. The zero-order chi connectivity index (χ0) is 11.5. The van der Waals surface area contributed by atoms with Crippen LogP contribution in [-0.2, 0) is 13.6 Å². The van der Waals surface area contributed by atoms with Gasteiger partial charge in [-0.25, -0.2) is 9.97 Å². The summed E-state index contributed by atoms with van der Waals surface area (Å²) in [5, 5.41) is 7.29. The number of nitrogen functional groups attached to an aromatic ring is 1. The van der Waals surface area contributed by atoms with Crippen LogP contribution in [0.4, 0.5) is 11.6 Å². The van der Waals surface area contributed by atoms with E-state index in [-0.39, 0.29) is 0 Å². The minimum absolute atomic E-state index is 0.502. The fourth-order valence-corrected chi connectivity index (χ4v) is 1.39. The predicted molar refractivity (Wildman–Crippen MR) is 61.7 cm³/mol. The molecule has 0 bridgehead atoms. The van der Waals surface area contributed by atoms with E-state index in [1.165, 1.54) is 6.33 Å². The molecule has 0 spiro atoms. The highest BCUT2D eigenvalue weighted by molar-refractivity contribution is 5.53. The second-order valence-corrected chi connectivity index (χ2v) is 3.53. The number of aryl methyl sites for hydroxylation is 1. The van der Waals surface area contributed by atoms with Gasteiger partial charge in [0.2, 0.25) is 0 Å². The molecule has 0 amide bonds. The zero-order valence-electron chi connectivity index (χ0n) is 9.31. The fraction of sp³-hybridized carbons (Fsp3) is 0.300. The van der Waals surface area contributed by atoms with Gasteiger partial charge in [-0.15, -0.1) is 0 Å². The first-order valence-corrected chi connectivity index (χ1v) is 4.96. The minimum atomic E-state index is 0.502. The fourth-order valence-electron chi connectivity index (χ4n) is 1.39. The molecule has 0 aliphatic rings. The van der Waals surface area contributed by atoms with Gasteiger partial charge >= 0.3 is 0 Å². The van der Waals surface area contributed by atoms with Crippen molar-refractivity contribution in [3.8, 4) is 0 Å². The Labute approximate surface area is 93.5 Å². The Bertz CT molecular complexity index is 490. The summed E-state index contributed by atoms with van der Waals surface area (Å²) in [4.78, 5) is 8.05. The lowest BCUT2D eigenvalue weighted by Crippen LogP contribution is -2.09. The summed E-state index contributed by atoms with van der Waals surface area (Å²) in [6.07, 6.45) is 3.21. The van der Waals surface area contributed by atoms with Crippen LogP contribution in [0.15, 0.2) is 18.6 Å². The highest BCUT2D eigenvalue weighted by Gasteiger charge is 2.04. The van der Waals surface area contributed by atoms with E-state index in [0.29, 0.717) is 12.4 Å². The maximum atomic E-state index is 5.69. The Morgan fingerprint density at radius 2 is 2.25 bits per heavy atom. The van der Waals surface area contributed by atoms with Crippen molar-refractivity contribution in [1.29, 1.82) is 0 Å². The number of aromatic nitrogens is 4. The van der Waals surface area contributed by atoms with E-state index in [0.717, 1.165) is 17.1 Å². The average Bonchev–Trinajstić information content (AvgIpc) is 2.67. The molecule has 2 aromatic rings. The van der Waals surface area contributed by atoms with E-state index in [9.17, 15) is 0 Å². The highest BCUT2D eigenvalue weighted by Crippen LogP contribution is 2.15. The highest BCUT2D eigenvalue weighted by atomic mass is 15.3. The molecule has 0 aliphatic carbocycles. The largest absolute Gasteiger partial charge is 0.383 e. The summed E-state index contributed by atoms with van der Waals surface area (Å²) in [6.45, 7) is 2.55. The molecule has 0 unspecified atom stereocenters. The lowest BCUT2D eigenvalue weighted by atomic mass is 10.3. The predicted octanol–water partition coefficient (Wildman–Crippen LogP) is 0.713. The van der Waals surface area contributed by atoms with E-state index in [2.05, 4.69) is 20.4 Å². The van der Waals surface area contributed by atoms with Gasteiger partial charge in [0.1, 0.15) is 18.0 Å². The van der Waals surface area contributed by atoms with Crippen LogP contribution in [0.25, 0.3) is 0 Å². The van der Waals surface area contributed by atoms with Crippen molar-refractivity contribution >= 4 is 11.6 Å². The molecule has 0 atom stereocenters. The van der Waals surface area contributed by atoms with Gasteiger partial charge in [0.25, 0.3) is 0 Å². The number of nitrogens with two attached hydrogens (primary N) is 1. The lowest BCUT2D eigenvalue weighted by molar-refractivity contribution is 0.719. The third-order valence-electron chi connectivity index (χ3n) is 2.48. The van der Waals surface area contributed by atoms with E-state index in [1.807, 2.05) is 24.7 Å². The number of hydrogen-bond donors (Lipinski definition) is 2. The topological polar surface area (TPSA) is 81.7 Å². The first kappa shape index (κ1) is 10.4. The maximum absolute atomic E-state index is 5.69. The van der Waals surface area contributed by atoms with Crippen LogP contribution in [0.3, 0.4) is 0 Å². The molecule has 0 aromatic carbocycles. The monoisotopic (exact) mass is 218 g/mol. The third kappa shape index (κ3) is 1.95. The lowest BCUT2D eigenvalue weighted by Gasteiger charge is -2.09. The number of nitrogens with one attached hydrogen (secondary N) is 1. The van der Waals surface area contributed by atoms with Crippen LogP contribution >= 0.6 is 0 Å². The van der Waals surface area contributed by atoms with E-state index in [4.69, 9.17) is 5.73 Å². The number of anilines is 2. The van der Waals surface area contributed by atoms with Gasteiger partial charge in [0, 0.05) is 18.8 Å². The van der Waals surface area contributed by atoms with Gasteiger partial charge in [-0.3, -0.25) is 4.68 Å². The molecular weight excluding hydrogens is 204 g/mol. The summed E-state index contributed by atoms with van der Waals surface area (Å²) in [5.41, 5.74) is 7.64. The molecule has 6 heteroatoms. The van der Waals surface area contributed by atoms with Crippen LogP contribution in [0, 0.1) is 6.92 Å². The van der Waals surface area contributed by atoms with Gasteiger partial charge in [-0.2, -0.15) is 5.10 Å². The SMILES string of the molecule is Cc1c(N)ncnc1NCc1ccnn1C. The molecule has 0 saturated carbocycles. The van der Waals surface area contributed by atoms with Gasteiger partial charge in [0.05, 0.1) is 12.2 Å². The number of rotatable bonds is 3. The molecule has 0 saturated heterocycles. The van der Waals surface area contributed by atoms with Crippen molar-refractivity contribution < 1.29 is 0 Å². The molecule has 6 nitrogen and oxygen atoms in total. The third-order valence-corrected chi connectivity index (χ3v) is 2.48. The van der Waals surface area contributed by atoms with Crippen molar-refractivity contribution in [1.82, 2.24) is 19.7 Å². The van der Waals surface area contributed by atoms with Crippen molar-refractivity contribution in [3.05, 3.63) is 29.8 Å². The first-order chi connectivity index (χ1) is 7.68. The van der Waals surface area contributed by atoms with Crippen molar-refractivity contribution in [3.63, 3.8) is 0 Å². The van der Waals surface area contributed by atoms with Crippen LogP contribution in [-0.4, -0.2) is 19.7 Å². The molecular formula is C10H14N6. The maximum Gasteiger partial charge on any atom is 0.134 e. The minimum Gasteiger partial charge on any atom is -0.383 e. The normalized spacial score (nSPS) is 10.4. The molecule has 0 aliphatic heterocycles. The second-order valence-electron chi connectivity index (χ2n) is 3.53. The second kappa shape index (κ2) is 4.18. The smallest absolute Gasteiger partial charge is 0.134 e. The Balaban J connectivity index is 2.11. The molecule has 84 valence electrons. The van der Waals surface area contributed by atoms with E-state index < -0.39 is 0 Å². The first-order valence-electron chi connectivity index (χ1n) is 4.96. The summed E-state index contributed by atoms with van der Waals surface area (Å²) in [5.74, 6) is 1.26. The van der Waals surface area contributed by atoms with Gasteiger partial charge in [-0.1, -0.05) is 0 Å². The molecule has 2 rings (SSSR count). The van der Waals surface area contributed by atoms with Crippen molar-refractivity contribution in [2.75, 3.05) is 11.1 Å². The van der Waals surface area contributed by atoms with E-state index >= 15 is 0 Å². The molecule has 3 N–H and O–H groups in total. The molecule has 2 aromatic heterocycles. The molecule has 0 fully saturated rings. The summed E-state index contributed by atoms with van der Waals surface area (Å²) in [7, 11) is 1.90. The molecule has 2 heterocycles. The number of hydrogen-bond acceptors (Lipinski definition) is 5. The Morgan fingerprint density at radius 3 is 2.94 bits per heavy atom. The van der Waals surface area contributed by atoms with Crippen molar-refractivity contribution in [2.45, 2.75) is 13.5 Å². The van der Waals surface area contributed by atoms with Crippen LogP contribution in [0.1, 0.15) is 11.3 Å². The van der Waals surface area contributed by atoms with E-state index in [1.54, 1.807) is 6.20 Å².